The molecule has 3 aromatic rings. The highest BCUT2D eigenvalue weighted by Gasteiger charge is 2.21. The fraction of sp³-hybridized carbons (Fsp3) is 0.316. The van der Waals surface area contributed by atoms with E-state index in [1.807, 2.05) is 31.2 Å². The smallest absolute Gasteiger partial charge is 0.138 e. The molecule has 0 atom stereocenters. The number of benzene rings is 1. The lowest BCUT2D eigenvalue weighted by molar-refractivity contribution is 0.0881. The van der Waals surface area contributed by atoms with Crippen LogP contribution in [0.25, 0.3) is 10.8 Å². The molecule has 4 rings (SSSR count). The zero-order valence-corrected chi connectivity index (χ0v) is 14.1. The minimum atomic E-state index is 0.464. The molecule has 0 saturated heterocycles. The SMILES string of the molecule is Cc1ncc(Nc2nccc3cc(OCCOC4CC4)ccc23)cn1. The quantitative estimate of drug-likeness (QED) is 0.664. The van der Waals surface area contributed by atoms with E-state index < -0.39 is 0 Å². The first-order valence-corrected chi connectivity index (χ1v) is 8.47. The third-order valence-electron chi connectivity index (χ3n) is 4.01. The number of anilines is 2. The molecule has 1 N–H and O–H groups in total. The van der Waals surface area contributed by atoms with Crippen LogP contribution in [-0.4, -0.2) is 34.3 Å². The van der Waals surface area contributed by atoms with Crippen molar-refractivity contribution in [3.8, 4) is 5.75 Å². The van der Waals surface area contributed by atoms with E-state index in [9.17, 15) is 0 Å². The molecule has 2 heterocycles. The van der Waals surface area contributed by atoms with Gasteiger partial charge in [0.25, 0.3) is 0 Å². The van der Waals surface area contributed by atoms with E-state index >= 15 is 0 Å². The zero-order valence-electron chi connectivity index (χ0n) is 14.1. The van der Waals surface area contributed by atoms with Crippen LogP contribution in [-0.2, 0) is 4.74 Å². The van der Waals surface area contributed by atoms with Crippen LogP contribution in [0.15, 0.2) is 42.9 Å². The van der Waals surface area contributed by atoms with Gasteiger partial charge in [-0.25, -0.2) is 15.0 Å². The molecular formula is C19H20N4O2. The van der Waals surface area contributed by atoms with Gasteiger partial charge in [-0.3, -0.25) is 0 Å². The van der Waals surface area contributed by atoms with Crippen LogP contribution in [0.5, 0.6) is 5.75 Å². The number of hydrogen-bond donors (Lipinski definition) is 1. The van der Waals surface area contributed by atoms with E-state index in [2.05, 4.69) is 20.3 Å². The van der Waals surface area contributed by atoms with Crippen LogP contribution in [0.3, 0.4) is 0 Å². The third-order valence-corrected chi connectivity index (χ3v) is 4.01. The van der Waals surface area contributed by atoms with Gasteiger partial charge in [-0.05, 0) is 49.4 Å². The maximum absolute atomic E-state index is 5.78. The minimum absolute atomic E-state index is 0.464. The van der Waals surface area contributed by atoms with Crippen LogP contribution in [0.1, 0.15) is 18.7 Å². The fourth-order valence-electron chi connectivity index (χ4n) is 2.55. The topological polar surface area (TPSA) is 69.2 Å². The van der Waals surface area contributed by atoms with Gasteiger partial charge < -0.3 is 14.8 Å². The molecule has 0 unspecified atom stereocenters. The molecule has 1 saturated carbocycles. The number of rotatable bonds is 7. The Morgan fingerprint density at radius 3 is 2.72 bits per heavy atom. The summed E-state index contributed by atoms with van der Waals surface area (Å²) in [6.07, 6.45) is 8.11. The lowest BCUT2D eigenvalue weighted by Crippen LogP contribution is -2.07. The molecule has 128 valence electrons. The van der Waals surface area contributed by atoms with E-state index in [1.165, 1.54) is 12.8 Å². The maximum atomic E-state index is 5.78. The summed E-state index contributed by atoms with van der Waals surface area (Å²) in [6.45, 7) is 3.06. The Morgan fingerprint density at radius 1 is 1.08 bits per heavy atom. The van der Waals surface area contributed by atoms with Gasteiger partial charge in [-0.15, -0.1) is 0 Å². The van der Waals surface area contributed by atoms with Gasteiger partial charge in [-0.2, -0.15) is 0 Å². The molecule has 1 aromatic carbocycles. The summed E-state index contributed by atoms with van der Waals surface area (Å²) < 4.78 is 11.4. The molecule has 0 amide bonds. The monoisotopic (exact) mass is 336 g/mol. The van der Waals surface area contributed by atoms with Crippen LogP contribution in [0.4, 0.5) is 11.5 Å². The second kappa shape index (κ2) is 7.03. The first-order valence-electron chi connectivity index (χ1n) is 8.47. The number of nitrogens with zero attached hydrogens (tertiary/aromatic N) is 3. The second-order valence-corrected chi connectivity index (χ2v) is 6.11. The van der Waals surface area contributed by atoms with Crippen LogP contribution in [0, 0.1) is 6.92 Å². The van der Waals surface area contributed by atoms with Gasteiger partial charge in [0.1, 0.15) is 24.0 Å². The lowest BCUT2D eigenvalue weighted by atomic mass is 10.1. The molecule has 1 aliphatic carbocycles. The fourth-order valence-corrected chi connectivity index (χ4v) is 2.55. The van der Waals surface area contributed by atoms with E-state index in [0.717, 1.165) is 33.9 Å². The minimum Gasteiger partial charge on any atom is -0.491 e. The van der Waals surface area contributed by atoms with Crippen molar-refractivity contribution in [1.29, 1.82) is 0 Å². The third kappa shape index (κ3) is 4.03. The average Bonchev–Trinajstić information content (AvgIpc) is 3.45. The summed E-state index contributed by atoms with van der Waals surface area (Å²) in [5, 5.41) is 5.35. The zero-order chi connectivity index (χ0) is 17.1. The van der Waals surface area contributed by atoms with Crippen molar-refractivity contribution in [2.75, 3.05) is 18.5 Å². The van der Waals surface area contributed by atoms with Gasteiger partial charge in [-0.1, -0.05) is 0 Å². The van der Waals surface area contributed by atoms with Crippen molar-refractivity contribution >= 4 is 22.3 Å². The molecule has 6 heteroatoms. The average molecular weight is 336 g/mol. The van der Waals surface area contributed by atoms with Crippen LogP contribution >= 0.6 is 0 Å². The largest absolute Gasteiger partial charge is 0.491 e. The summed E-state index contributed by atoms with van der Waals surface area (Å²) in [5.74, 6) is 2.35. The van der Waals surface area contributed by atoms with Crippen LogP contribution in [0.2, 0.25) is 0 Å². The number of aromatic nitrogens is 3. The molecule has 1 aliphatic rings. The second-order valence-electron chi connectivity index (χ2n) is 6.11. The Morgan fingerprint density at radius 2 is 1.92 bits per heavy atom. The van der Waals surface area contributed by atoms with Gasteiger partial charge in [0.2, 0.25) is 0 Å². The van der Waals surface area contributed by atoms with Gasteiger partial charge in [0, 0.05) is 11.6 Å². The summed E-state index contributed by atoms with van der Waals surface area (Å²) in [4.78, 5) is 12.8. The van der Waals surface area contributed by atoms with E-state index in [0.29, 0.717) is 19.3 Å². The first-order chi connectivity index (χ1) is 12.3. The summed E-state index contributed by atoms with van der Waals surface area (Å²) in [6, 6.07) is 7.96. The number of hydrogen-bond acceptors (Lipinski definition) is 6. The van der Waals surface area contributed by atoms with Crippen molar-refractivity contribution in [3.05, 3.63) is 48.7 Å². The molecule has 2 aromatic heterocycles. The highest BCUT2D eigenvalue weighted by atomic mass is 16.5. The Balaban J connectivity index is 1.47. The molecule has 25 heavy (non-hydrogen) atoms. The lowest BCUT2D eigenvalue weighted by Gasteiger charge is -2.11. The standard InChI is InChI=1S/C19H20N4O2/c1-13-21-11-15(12-22-13)23-19-18-5-4-17(10-14(18)6-7-20-19)25-9-8-24-16-2-3-16/h4-7,10-12,16H,2-3,8-9H2,1H3,(H,20,23). The first kappa shape index (κ1) is 15.8. The normalized spacial score (nSPS) is 13.8. The maximum Gasteiger partial charge on any atom is 0.138 e. The van der Waals surface area contributed by atoms with Crippen LogP contribution < -0.4 is 10.1 Å². The predicted molar refractivity (Wildman–Crippen MR) is 96.3 cm³/mol. The number of aryl methyl sites for hydroxylation is 1. The van der Waals surface area contributed by atoms with Crippen molar-refractivity contribution in [3.63, 3.8) is 0 Å². The predicted octanol–water partition coefficient (Wildman–Crippen LogP) is 3.63. The molecule has 0 aliphatic heterocycles. The molecule has 0 bridgehead atoms. The summed E-state index contributed by atoms with van der Waals surface area (Å²) in [5.41, 5.74) is 0.808. The molecule has 0 radical (unpaired) electrons. The number of ether oxygens (including phenoxy) is 2. The number of pyridine rings is 1. The van der Waals surface area contributed by atoms with Gasteiger partial charge in [0.15, 0.2) is 0 Å². The molecule has 0 spiro atoms. The number of fused-ring (bicyclic) bond motifs is 1. The highest BCUT2D eigenvalue weighted by molar-refractivity contribution is 5.93. The van der Waals surface area contributed by atoms with E-state index in [-0.39, 0.29) is 0 Å². The summed E-state index contributed by atoms with van der Waals surface area (Å²) >= 11 is 0. The molecular weight excluding hydrogens is 316 g/mol. The Kier molecular flexibility index (Phi) is 4.43. The Labute approximate surface area is 146 Å². The van der Waals surface area contributed by atoms with E-state index in [1.54, 1.807) is 18.6 Å². The van der Waals surface area contributed by atoms with Crippen molar-refractivity contribution in [1.82, 2.24) is 15.0 Å². The van der Waals surface area contributed by atoms with Crippen molar-refractivity contribution < 1.29 is 9.47 Å². The highest BCUT2D eigenvalue weighted by Crippen LogP contribution is 2.27. The van der Waals surface area contributed by atoms with Gasteiger partial charge >= 0.3 is 0 Å². The van der Waals surface area contributed by atoms with Crippen molar-refractivity contribution in [2.45, 2.75) is 25.9 Å². The van der Waals surface area contributed by atoms with Crippen molar-refractivity contribution in [2.24, 2.45) is 0 Å². The van der Waals surface area contributed by atoms with E-state index in [4.69, 9.17) is 9.47 Å². The Bertz CT molecular complexity index is 863. The van der Waals surface area contributed by atoms with Gasteiger partial charge in [0.05, 0.1) is 30.8 Å². The molecule has 1 fully saturated rings. The molecule has 6 nitrogen and oxygen atoms in total. The number of nitrogens with one attached hydrogen (secondary N) is 1. The Hall–Kier alpha value is -2.73. The summed E-state index contributed by atoms with van der Waals surface area (Å²) in [7, 11) is 0.